The standard InChI is InChI=1S/C20H26N4O2/c1-2-26-20(25)19(23-10-9-15(21)12-23)11-16-18-8-7-14-5-3-4-6-17(14)24(18)13-22-16/h3-6,13,15,19H,2,7-12,21H2,1H3/t15-,19-/m0/s1. The molecule has 2 atom stereocenters. The minimum absolute atomic E-state index is 0.134. The average molecular weight is 354 g/mol. The van der Waals surface area contributed by atoms with Gasteiger partial charge in [-0.25, -0.2) is 4.98 Å². The van der Waals surface area contributed by atoms with E-state index in [0.29, 0.717) is 13.0 Å². The van der Waals surface area contributed by atoms with Crippen molar-refractivity contribution >= 4 is 5.97 Å². The summed E-state index contributed by atoms with van der Waals surface area (Å²) in [6, 6.07) is 8.27. The molecule has 1 fully saturated rings. The van der Waals surface area contributed by atoms with Crippen molar-refractivity contribution in [3.8, 4) is 5.69 Å². The number of carbonyl (C=O) groups is 1. The molecule has 6 nitrogen and oxygen atoms in total. The van der Waals surface area contributed by atoms with Gasteiger partial charge in [-0.15, -0.1) is 0 Å². The Bertz CT molecular complexity index is 801. The number of hydrogen-bond donors (Lipinski definition) is 1. The summed E-state index contributed by atoms with van der Waals surface area (Å²) in [6.07, 6.45) is 5.34. The summed E-state index contributed by atoms with van der Waals surface area (Å²) < 4.78 is 7.52. The van der Waals surface area contributed by atoms with Crippen LogP contribution in [-0.4, -0.2) is 52.2 Å². The molecule has 0 aliphatic carbocycles. The van der Waals surface area contributed by atoms with Crippen LogP contribution in [0, 0.1) is 0 Å². The molecule has 6 heteroatoms. The summed E-state index contributed by atoms with van der Waals surface area (Å²) in [5.74, 6) is -0.167. The van der Waals surface area contributed by atoms with Crippen molar-refractivity contribution in [3.05, 3.63) is 47.5 Å². The van der Waals surface area contributed by atoms with Crippen LogP contribution in [0.5, 0.6) is 0 Å². The summed E-state index contributed by atoms with van der Waals surface area (Å²) in [7, 11) is 0. The van der Waals surface area contributed by atoms with E-state index < -0.39 is 0 Å². The smallest absolute Gasteiger partial charge is 0.323 e. The first-order valence-electron chi connectivity index (χ1n) is 9.47. The van der Waals surface area contributed by atoms with Gasteiger partial charge in [0.15, 0.2) is 0 Å². The van der Waals surface area contributed by atoms with Gasteiger partial charge in [0.05, 0.1) is 18.6 Å². The van der Waals surface area contributed by atoms with Crippen LogP contribution < -0.4 is 5.73 Å². The lowest BCUT2D eigenvalue weighted by molar-refractivity contribution is -0.149. The van der Waals surface area contributed by atoms with E-state index in [1.807, 2.05) is 13.3 Å². The number of carbonyl (C=O) groups excluding carboxylic acids is 1. The Kier molecular flexibility index (Phi) is 4.78. The molecule has 2 aliphatic rings. The third kappa shape index (κ3) is 3.15. The average Bonchev–Trinajstić information content (AvgIpc) is 3.26. The highest BCUT2D eigenvalue weighted by Crippen LogP contribution is 2.27. The van der Waals surface area contributed by atoms with Gasteiger partial charge < -0.3 is 15.0 Å². The first-order valence-corrected chi connectivity index (χ1v) is 9.47. The van der Waals surface area contributed by atoms with Crippen LogP contribution in [0.25, 0.3) is 5.69 Å². The van der Waals surface area contributed by atoms with Gasteiger partial charge in [-0.1, -0.05) is 18.2 Å². The maximum atomic E-state index is 12.6. The van der Waals surface area contributed by atoms with E-state index in [2.05, 4.69) is 38.7 Å². The number of nitrogens with zero attached hydrogens (tertiary/aromatic N) is 3. The number of imidazole rings is 1. The van der Waals surface area contributed by atoms with E-state index in [1.165, 1.54) is 16.9 Å². The molecule has 0 spiro atoms. The summed E-state index contributed by atoms with van der Waals surface area (Å²) in [6.45, 7) is 3.82. The van der Waals surface area contributed by atoms with E-state index in [0.717, 1.165) is 38.0 Å². The molecule has 2 N–H and O–H groups in total. The van der Waals surface area contributed by atoms with Gasteiger partial charge in [-0.2, -0.15) is 0 Å². The molecule has 0 amide bonds. The number of likely N-dealkylation sites (tertiary alicyclic amines) is 1. The quantitative estimate of drug-likeness (QED) is 0.824. The van der Waals surface area contributed by atoms with Gasteiger partial charge in [-0.3, -0.25) is 9.69 Å². The Balaban J connectivity index is 1.61. The predicted octanol–water partition coefficient (Wildman–Crippen LogP) is 1.48. The molecule has 0 radical (unpaired) electrons. The fourth-order valence-corrected chi connectivity index (χ4v) is 4.15. The first-order chi connectivity index (χ1) is 12.7. The maximum Gasteiger partial charge on any atom is 0.323 e. The van der Waals surface area contributed by atoms with E-state index in [-0.39, 0.29) is 18.1 Å². The lowest BCUT2D eigenvalue weighted by atomic mass is 9.98. The summed E-state index contributed by atoms with van der Waals surface area (Å²) in [5.41, 5.74) is 10.8. The number of rotatable bonds is 5. The van der Waals surface area contributed by atoms with Crippen LogP contribution in [0.2, 0.25) is 0 Å². The minimum Gasteiger partial charge on any atom is -0.465 e. The Labute approximate surface area is 154 Å². The van der Waals surface area contributed by atoms with E-state index in [1.54, 1.807) is 0 Å². The number of benzene rings is 1. The number of para-hydroxylation sites is 1. The van der Waals surface area contributed by atoms with Gasteiger partial charge >= 0.3 is 5.97 Å². The number of aromatic nitrogens is 2. The molecule has 1 aromatic carbocycles. The van der Waals surface area contributed by atoms with Crippen molar-refractivity contribution < 1.29 is 9.53 Å². The number of hydrogen-bond acceptors (Lipinski definition) is 5. The van der Waals surface area contributed by atoms with Crippen LogP contribution in [0.4, 0.5) is 0 Å². The van der Waals surface area contributed by atoms with Crippen molar-refractivity contribution in [1.82, 2.24) is 14.5 Å². The van der Waals surface area contributed by atoms with Crippen LogP contribution >= 0.6 is 0 Å². The SMILES string of the molecule is CCOC(=O)[C@H](Cc1ncn2c1CCc1ccccc1-2)N1CC[C@H](N)C1. The second-order valence-electron chi connectivity index (χ2n) is 7.15. The van der Waals surface area contributed by atoms with Crippen molar-refractivity contribution in [3.63, 3.8) is 0 Å². The molecular weight excluding hydrogens is 328 g/mol. The van der Waals surface area contributed by atoms with Crippen molar-refractivity contribution in [2.75, 3.05) is 19.7 Å². The number of aryl methyl sites for hydroxylation is 1. The van der Waals surface area contributed by atoms with Crippen LogP contribution in [0.1, 0.15) is 30.3 Å². The van der Waals surface area contributed by atoms with Gasteiger partial charge in [0, 0.05) is 36.9 Å². The van der Waals surface area contributed by atoms with Crippen LogP contribution in [0.15, 0.2) is 30.6 Å². The Hall–Kier alpha value is -2.18. The lowest BCUT2D eigenvalue weighted by Gasteiger charge is -2.26. The second kappa shape index (κ2) is 7.21. The molecule has 2 aliphatic heterocycles. The Morgan fingerprint density at radius 1 is 1.38 bits per heavy atom. The largest absolute Gasteiger partial charge is 0.465 e. The monoisotopic (exact) mass is 354 g/mol. The van der Waals surface area contributed by atoms with E-state index >= 15 is 0 Å². The van der Waals surface area contributed by atoms with E-state index in [9.17, 15) is 4.79 Å². The molecule has 1 saturated heterocycles. The van der Waals surface area contributed by atoms with Gasteiger partial charge in [0.1, 0.15) is 6.04 Å². The number of nitrogens with two attached hydrogens (primary N) is 1. The summed E-state index contributed by atoms with van der Waals surface area (Å²) in [4.78, 5) is 19.4. The van der Waals surface area contributed by atoms with Crippen molar-refractivity contribution in [2.24, 2.45) is 5.73 Å². The predicted molar refractivity (Wildman–Crippen MR) is 99.3 cm³/mol. The number of esters is 1. The second-order valence-corrected chi connectivity index (χ2v) is 7.15. The van der Waals surface area contributed by atoms with Gasteiger partial charge in [0.25, 0.3) is 0 Å². The maximum absolute atomic E-state index is 12.6. The summed E-state index contributed by atoms with van der Waals surface area (Å²) in [5, 5.41) is 0. The van der Waals surface area contributed by atoms with Crippen molar-refractivity contribution in [1.29, 1.82) is 0 Å². The zero-order valence-corrected chi connectivity index (χ0v) is 15.2. The zero-order chi connectivity index (χ0) is 18.1. The molecule has 0 unspecified atom stereocenters. The summed E-state index contributed by atoms with van der Waals surface area (Å²) >= 11 is 0. The highest BCUT2D eigenvalue weighted by molar-refractivity contribution is 5.76. The third-order valence-electron chi connectivity index (χ3n) is 5.48. The minimum atomic E-state index is -0.305. The number of ether oxygens (including phenoxy) is 1. The Morgan fingerprint density at radius 2 is 2.23 bits per heavy atom. The molecule has 0 bridgehead atoms. The fraction of sp³-hybridized carbons (Fsp3) is 0.500. The first kappa shape index (κ1) is 17.2. The molecule has 3 heterocycles. The van der Waals surface area contributed by atoms with Gasteiger partial charge in [-0.05, 0) is 37.8 Å². The highest BCUT2D eigenvalue weighted by atomic mass is 16.5. The molecule has 1 aromatic heterocycles. The van der Waals surface area contributed by atoms with Crippen LogP contribution in [0.3, 0.4) is 0 Å². The Morgan fingerprint density at radius 3 is 3.00 bits per heavy atom. The zero-order valence-electron chi connectivity index (χ0n) is 15.2. The molecule has 26 heavy (non-hydrogen) atoms. The van der Waals surface area contributed by atoms with Crippen LogP contribution in [-0.2, 0) is 28.8 Å². The van der Waals surface area contributed by atoms with Crippen molar-refractivity contribution in [2.45, 2.75) is 44.7 Å². The third-order valence-corrected chi connectivity index (χ3v) is 5.48. The fourth-order valence-electron chi connectivity index (χ4n) is 4.15. The number of fused-ring (bicyclic) bond motifs is 3. The molecular formula is C20H26N4O2. The topological polar surface area (TPSA) is 73.4 Å². The van der Waals surface area contributed by atoms with E-state index in [4.69, 9.17) is 10.5 Å². The van der Waals surface area contributed by atoms with Gasteiger partial charge in [0.2, 0.25) is 0 Å². The highest BCUT2D eigenvalue weighted by Gasteiger charge is 2.34. The normalized spacial score (nSPS) is 20.5. The lowest BCUT2D eigenvalue weighted by Crippen LogP contribution is -2.43. The molecule has 138 valence electrons. The molecule has 2 aromatic rings. The molecule has 0 saturated carbocycles. The molecule has 4 rings (SSSR count).